The van der Waals surface area contributed by atoms with Crippen molar-refractivity contribution in [1.29, 1.82) is 0 Å². The van der Waals surface area contributed by atoms with Crippen LogP contribution in [0.3, 0.4) is 0 Å². The van der Waals surface area contributed by atoms with Crippen LogP contribution < -0.4 is 20.3 Å². The number of pyridine rings is 1. The molecule has 156 valence electrons. The van der Waals surface area contributed by atoms with Gasteiger partial charge in [-0.3, -0.25) is 4.98 Å². The number of hydrogen-bond acceptors (Lipinski definition) is 6. The number of fused-ring (bicyclic) bond motifs is 2. The Morgan fingerprint density at radius 1 is 1.17 bits per heavy atom. The molecule has 1 aromatic heterocycles. The first-order valence-electron chi connectivity index (χ1n) is 11.0. The van der Waals surface area contributed by atoms with Crippen molar-refractivity contribution in [2.45, 2.75) is 39.0 Å². The molecular weight excluding hydrogens is 366 g/mol. The largest absolute Gasteiger partial charge is 0.493 e. The van der Waals surface area contributed by atoms with Gasteiger partial charge in [-0.25, -0.2) is 5.48 Å². The first-order valence-corrected chi connectivity index (χ1v) is 11.0. The van der Waals surface area contributed by atoms with E-state index in [1.807, 2.05) is 0 Å². The zero-order valence-electron chi connectivity index (χ0n) is 17.4. The van der Waals surface area contributed by atoms with Crippen LogP contribution in [0.5, 0.6) is 11.5 Å². The average molecular weight is 398 g/mol. The standard InChI is InChI=1S/C23H31N3O3/c1-14-7-17-19(8-14)26-20-10-22(28-13-16-5-6-29-25-12-16)21(27-2)9-18(20)23(17)24-11-15-3-4-15/h9-10,14-16,25H,3-8,11-13H2,1-2H3,(H,24,26). The summed E-state index contributed by atoms with van der Waals surface area (Å²) < 4.78 is 11.9. The van der Waals surface area contributed by atoms with Crippen LogP contribution >= 0.6 is 0 Å². The van der Waals surface area contributed by atoms with Crippen molar-refractivity contribution in [2.75, 3.05) is 38.7 Å². The molecule has 6 heteroatoms. The maximum absolute atomic E-state index is 6.18. The van der Waals surface area contributed by atoms with E-state index in [-0.39, 0.29) is 0 Å². The molecule has 2 heterocycles. The third-order valence-electron chi connectivity index (χ3n) is 6.39. The first kappa shape index (κ1) is 18.9. The van der Waals surface area contributed by atoms with Crippen LogP contribution in [0, 0.1) is 17.8 Å². The molecule has 1 aromatic carbocycles. The van der Waals surface area contributed by atoms with Crippen molar-refractivity contribution in [3.8, 4) is 11.5 Å². The van der Waals surface area contributed by atoms with E-state index in [0.29, 0.717) is 18.4 Å². The van der Waals surface area contributed by atoms with Crippen molar-refractivity contribution < 1.29 is 14.3 Å². The normalized spacial score (nSPS) is 23.8. The van der Waals surface area contributed by atoms with E-state index in [1.165, 1.54) is 29.8 Å². The number of rotatable bonds is 7. The number of hydroxylamine groups is 1. The molecule has 5 rings (SSSR count). The van der Waals surface area contributed by atoms with Gasteiger partial charge in [0, 0.05) is 41.8 Å². The molecule has 1 aliphatic heterocycles. The van der Waals surface area contributed by atoms with Gasteiger partial charge < -0.3 is 19.6 Å². The molecule has 2 aliphatic carbocycles. The lowest BCUT2D eigenvalue weighted by Gasteiger charge is -2.23. The van der Waals surface area contributed by atoms with E-state index in [0.717, 1.165) is 67.3 Å². The second-order valence-electron chi connectivity index (χ2n) is 8.93. The number of anilines is 1. The minimum absolute atomic E-state index is 0.439. The molecule has 1 saturated heterocycles. The predicted octanol–water partition coefficient (Wildman–Crippen LogP) is 3.72. The van der Waals surface area contributed by atoms with Crippen LogP contribution in [0.1, 0.15) is 37.4 Å². The first-order chi connectivity index (χ1) is 14.2. The number of methoxy groups -OCH3 is 1. The minimum Gasteiger partial charge on any atom is -0.493 e. The SMILES string of the molecule is COc1cc2c(NCC3CC3)c3c(nc2cc1OCC1CCONC1)CC(C)C3. The van der Waals surface area contributed by atoms with Gasteiger partial charge in [-0.1, -0.05) is 6.92 Å². The maximum atomic E-state index is 6.18. The summed E-state index contributed by atoms with van der Waals surface area (Å²) in [7, 11) is 1.71. The highest BCUT2D eigenvalue weighted by Gasteiger charge is 2.27. The summed E-state index contributed by atoms with van der Waals surface area (Å²) >= 11 is 0. The fourth-order valence-corrected chi connectivity index (χ4v) is 4.47. The lowest BCUT2D eigenvalue weighted by atomic mass is 10.0. The van der Waals surface area contributed by atoms with E-state index >= 15 is 0 Å². The van der Waals surface area contributed by atoms with E-state index in [9.17, 15) is 0 Å². The Hall–Kier alpha value is -2.05. The Morgan fingerprint density at radius 2 is 2.07 bits per heavy atom. The van der Waals surface area contributed by atoms with Gasteiger partial charge in [-0.2, -0.15) is 0 Å². The van der Waals surface area contributed by atoms with Crippen molar-refractivity contribution in [1.82, 2.24) is 10.5 Å². The summed E-state index contributed by atoms with van der Waals surface area (Å²) in [4.78, 5) is 10.2. The molecule has 0 bridgehead atoms. The molecule has 2 atom stereocenters. The Kier molecular flexibility index (Phi) is 5.22. The zero-order valence-corrected chi connectivity index (χ0v) is 17.4. The van der Waals surface area contributed by atoms with E-state index in [1.54, 1.807) is 7.11 Å². The van der Waals surface area contributed by atoms with Gasteiger partial charge in [0.2, 0.25) is 0 Å². The highest BCUT2D eigenvalue weighted by atomic mass is 16.6. The van der Waals surface area contributed by atoms with Crippen molar-refractivity contribution in [2.24, 2.45) is 17.8 Å². The number of nitrogens with zero attached hydrogens (tertiary/aromatic N) is 1. The number of benzene rings is 1. The van der Waals surface area contributed by atoms with Gasteiger partial charge in [-0.05, 0) is 55.6 Å². The van der Waals surface area contributed by atoms with Crippen LogP contribution in [0.15, 0.2) is 12.1 Å². The highest BCUT2D eigenvalue weighted by Crippen LogP contribution is 2.41. The lowest BCUT2D eigenvalue weighted by molar-refractivity contribution is -0.0188. The molecule has 29 heavy (non-hydrogen) atoms. The van der Waals surface area contributed by atoms with Gasteiger partial charge >= 0.3 is 0 Å². The van der Waals surface area contributed by atoms with Crippen molar-refractivity contribution in [3.05, 3.63) is 23.4 Å². The van der Waals surface area contributed by atoms with Gasteiger partial charge in [-0.15, -0.1) is 0 Å². The second-order valence-corrected chi connectivity index (χ2v) is 8.93. The van der Waals surface area contributed by atoms with E-state index < -0.39 is 0 Å². The highest BCUT2D eigenvalue weighted by molar-refractivity contribution is 5.96. The smallest absolute Gasteiger partial charge is 0.163 e. The van der Waals surface area contributed by atoms with Gasteiger partial charge in [0.25, 0.3) is 0 Å². The maximum Gasteiger partial charge on any atom is 0.163 e. The zero-order chi connectivity index (χ0) is 19.8. The summed E-state index contributed by atoms with van der Waals surface area (Å²) in [5, 5.41) is 4.92. The molecule has 6 nitrogen and oxygen atoms in total. The number of ether oxygens (including phenoxy) is 2. The molecule has 0 amide bonds. The monoisotopic (exact) mass is 397 g/mol. The van der Waals surface area contributed by atoms with Gasteiger partial charge in [0.15, 0.2) is 11.5 Å². The molecule has 2 unspecified atom stereocenters. The van der Waals surface area contributed by atoms with Crippen molar-refractivity contribution in [3.63, 3.8) is 0 Å². The molecule has 2 aromatic rings. The number of hydrogen-bond donors (Lipinski definition) is 2. The number of nitrogens with one attached hydrogen (secondary N) is 2. The molecule has 3 aliphatic rings. The van der Waals surface area contributed by atoms with Crippen LogP contribution in [-0.2, 0) is 17.7 Å². The van der Waals surface area contributed by atoms with Crippen molar-refractivity contribution >= 4 is 16.6 Å². The van der Waals surface area contributed by atoms with Crippen LogP contribution in [-0.4, -0.2) is 38.4 Å². The quantitative estimate of drug-likeness (QED) is 0.742. The molecule has 2 N–H and O–H groups in total. The molecule has 0 spiro atoms. The Balaban J connectivity index is 1.48. The Labute approximate surface area is 172 Å². The lowest BCUT2D eigenvalue weighted by Crippen LogP contribution is -2.34. The fraction of sp³-hybridized carbons (Fsp3) is 0.609. The number of aromatic nitrogens is 1. The van der Waals surface area contributed by atoms with E-state index in [4.69, 9.17) is 19.3 Å². The topological polar surface area (TPSA) is 64.6 Å². The predicted molar refractivity (Wildman–Crippen MR) is 114 cm³/mol. The van der Waals surface area contributed by atoms with Crippen LogP contribution in [0.4, 0.5) is 5.69 Å². The van der Waals surface area contributed by atoms with E-state index in [2.05, 4.69) is 29.9 Å². The molecule has 1 saturated carbocycles. The molecule has 0 radical (unpaired) electrons. The fourth-order valence-electron chi connectivity index (χ4n) is 4.47. The third kappa shape index (κ3) is 4.01. The third-order valence-corrected chi connectivity index (χ3v) is 6.39. The second kappa shape index (κ2) is 8.00. The van der Waals surface area contributed by atoms with Crippen LogP contribution in [0.25, 0.3) is 10.9 Å². The molecular formula is C23H31N3O3. The Bertz CT molecular complexity index is 891. The summed E-state index contributed by atoms with van der Waals surface area (Å²) in [5.74, 6) is 3.46. The Morgan fingerprint density at radius 3 is 2.83 bits per heavy atom. The summed E-state index contributed by atoms with van der Waals surface area (Å²) in [6.45, 7) is 5.55. The average Bonchev–Trinajstić information content (AvgIpc) is 3.49. The van der Waals surface area contributed by atoms with Gasteiger partial charge in [0.05, 0.1) is 25.8 Å². The summed E-state index contributed by atoms with van der Waals surface area (Å²) in [6, 6.07) is 4.17. The molecule has 2 fully saturated rings. The van der Waals surface area contributed by atoms with Crippen LogP contribution in [0.2, 0.25) is 0 Å². The summed E-state index contributed by atoms with van der Waals surface area (Å²) in [5.41, 5.74) is 7.87. The van der Waals surface area contributed by atoms with Gasteiger partial charge in [0.1, 0.15) is 0 Å². The summed E-state index contributed by atoms with van der Waals surface area (Å²) in [6.07, 6.45) is 5.84. The minimum atomic E-state index is 0.439.